The number of likely N-dealkylation sites (N-methyl/N-ethyl adjacent to an activating group) is 1. The molecule has 0 radical (unpaired) electrons. The van der Waals surface area contributed by atoms with Crippen LogP contribution in [0.5, 0.6) is 0 Å². The third-order valence-electron chi connectivity index (χ3n) is 8.90. The normalized spacial score (nSPS) is 16.8. The molecule has 254 valence electrons. The van der Waals surface area contributed by atoms with Gasteiger partial charge in [0.25, 0.3) is 5.91 Å². The van der Waals surface area contributed by atoms with Crippen LogP contribution >= 0.6 is 0 Å². The fourth-order valence-electron chi connectivity index (χ4n) is 6.18. The van der Waals surface area contributed by atoms with Gasteiger partial charge in [-0.1, -0.05) is 44.2 Å². The van der Waals surface area contributed by atoms with Crippen molar-refractivity contribution in [2.75, 3.05) is 31.7 Å². The Bertz CT molecular complexity index is 1670. The van der Waals surface area contributed by atoms with Crippen molar-refractivity contribution >= 4 is 29.4 Å². The molecule has 0 aromatic heterocycles. The molecule has 0 aliphatic carbocycles. The third kappa shape index (κ3) is 6.99. The first kappa shape index (κ1) is 34.4. The summed E-state index contributed by atoms with van der Waals surface area (Å²) in [5.74, 6) is -3.83. The maximum atomic E-state index is 14.4. The fourth-order valence-corrected chi connectivity index (χ4v) is 6.18. The van der Waals surface area contributed by atoms with Crippen LogP contribution in [0.1, 0.15) is 58.5 Å². The Balaban J connectivity index is 1.26. The molecule has 48 heavy (non-hydrogen) atoms. The van der Waals surface area contributed by atoms with Crippen LogP contribution in [-0.2, 0) is 27.1 Å². The van der Waals surface area contributed by atoms with Gasteiger partial charge in [-0.15, -0.1) is 0 Å². The molecule has 3 aromatic carbocycles. The molecule has 3 amide bonds. The van der Waals surface area contributed by atoms with E-state index < -0.39 is 58.4 Å². The number of anilines is 1. The number of halogens is 4. The zero-order valence-electron chi connectivity index (χ0n) is 26.7. The van der Waals surface area contributed by atoms with Gasteiger partial charge < -0.3 is 24.8 Å². The lowest BCUT2D eigenvalue weighted by Gasteiger charge is -2.44. The molecule has 1 spiro atoms. The molecule has 9 nitrogen and oxygen atoms in total. The molecule has 2 aliphatic rings. The number of benzene rings is 3. The number of piperidine rings is 1. The molecule has 1 N–H and O–H groups in total. The minimum atomic E-state index is -4.78. The van der Waals surface area contributed by atoms with Gasteiger partial charge in [-0.2, -0.15) is 13.2 Å². The van der Waals surface area contributed by atoms with Crippen LogP contribution in [0, 0.1) is 11.7 Å². The van der Waals surface area contributed by atoms with E-state index in [9.17, 15) is 36.7 Å². The monoisotopic (exact) mass is 668 g/mol. The number of likely N-dealkylation sites (tertiary alicyclic amines) is 1. The van der Waals surface area contributed by atoms with Gasteiger partial charge in [0.1, 0.15) is 24.0 Å². The quantitative estimate of drug-likeness (QED) is 0.260. The van der Waals surface area contributed by atoms with Crippen LogP contribution in [0.4, 0.5) is 23.2 Å². The van der Waals surface area contributed by atoms with Crippen molar-refractivity contribution in [1.29, 1.82) is 0 Å². The van der Waals surface area contributed by atoms with E-state index in [2.05, 4.69) is 5.32 Å². The predicted molar refractivity (Wildman–Crippen MR) is 168 cm³/mol. The Morgan fingerprint density at radius 3 is 2.21 bits per heavy atom. The number of ether oxygens (including phenoxy) is 1. The molecule has 0 bridgehead atoms. The minimum Gasteiger partial charge on any atom is -0.457 e. The summed E-state index contributed by atoms with van der Waals surface area (Å²) in [7, 11) is 1.69. The first-order chi connectivity index (χ1) is 22.7. The second-order valence-corrected chi connectivity index (χ2v) is 12.4. The first-order valence-electron chi connectivity index (χ1n) is 15.5. The van der Waals surface area contributed by atoms with Gasteiger partial charge in [-0.25, -0.2) is 9.18 Å². The average molecular weight is 669 g/mol. The molecule has 3 aromatic rings. The number of alkyl halides is 3. The molecule has 13 heteroatoms. The fraction of sp³-hybridized carbons (Fsp3) is 0.371. The van der Waals surface area contributed by atoms with E-state index in [4.69, 9.17) is 4.74 Å². The van der Waals surface area contributed by atoms with E-state index in [1.54, 1.807) is 50.1 Å². The molecule has 0 saturated carbocycles. The van der Waals surface area contributed by atoms with Crippen molar-refractivity contribution in [2.45, 2.75) is 51.1 Å². The summed E-state index contributed by atoms with van der Waals surface area (Å²) in [5.41, 5.74) is -1.03. The van der Waals surface area contributed by atoms with Crippen LogP contribution in [0.15, 0.2) is 72.8 Å². The third-order valence-corrected chi connectivity index (χ3v) is 8.90. The summed E-state index contributed by atoms with van der Waals surface area (Å²) >= 11 is 0. The molecular weight excluding hydrogens is 632 g/mol. The van der Waals surface area contributed by atoms with Gasteiger partial charge >= 0.3 is 12.1 Å². The number of carbonyl (C=O) groups excluding carboxylic acids is 4. The van der Waals surface area contributed by atoms with Gasteiger partial charge in [0, 0.05) is 25.8 Å². The summed E-state index contributed by atoms with van der Waals surface area (Å²) < 4.78 is 59.4. The number of nitrogens with one attached hydrogen (secondary N) is 1. The molecule has 2 aliphatic heterocycles. The second kappa shape index (κ2) is 13.7. The summed E-state index contributed by atoms with van der Waals surface area (Å²) in [5, 5.41) is 2.43. The van der Waals surface area contributed by atoms with E-state index in [-0.39, 0.29) is 45.1 Å². The maximum Gasteiger partial charge on any atom is 0.416 e. The zero-order chi connectivity index (χ0) is 34.8. The lowest BCUT2D eigenvalue weighted by atomic mass is 9.85. The Morgan fingerprint density at radius 1 is 0.958 bits per heavy atom. The number of hydrogen-bond donors (Lipinski definition) is 1. The van der Waals surface area contributed by atoms with Gasteiger partial charge in [0.05, 0.1) is 23.4 Å². The summed E-state index contributed by atoms with van der Waals surface area (Å²) in [6, 6.07) is 16.5. The summed E-state index contributed by atoms with van der Waals surface area (Å²) in [4.78, 5) is 57.8. The molecule has 2 fully saturated rings. The van der Waals surface area contributed by atoms with E-state index >= 15 is 0 Å². The van der Waals surface area contributed by atoms with Gasteiger partial charge in [-0.05, 0) is 66.8 Å². The van der Waals surface area contributed by atoms with Crippen LogP contribution in [0.3, 0.4) is 0 Å². The highest BCUT2D eigenvalue weighted by molar-refractivity contribution is 5.98. The number of nitrogens with zero attached hydrogens (tertiary/aromatic N) is 3. The first-order valence-corrected chi connectivity index (χ1v) is 15.5. The number of amides is 3. The van der Waals surface area contributed by atoms with Crippen molar-refractivity contribution in [1.82, 2.24) is 15.1 Å². The number of rotatable bonds is 8. The Morgan fingerprint density at radius 2 is 1.60 bits per heavy atom. The minimum absolute atomic E-state index is 0.116. The van der Waals surface area contributed by atoms with Crippen LogP contribution < -0.4 is 10.2 Å². The molecule has 2 saturated heterocycles. The van der Waals surface area contributed by atoms with E-state index in [0.29, 0.717) is 29.4 Å². The standard InChI is InChI=1S/C35H36F4N4O5/c1-22(2)29(40-30(44)27-19-25(35(37,38)39)11-14-28(27)36)31(45)42-17-15-34(16-18-42)33(47)41(3)21-43(34)26-12-9-24(10-13-26)32(46)48-20-23-7-5-4-6-8-23/h4-14,19,22,29H,15-18,20-21H2,1-3H3,(H,40,44). The number of carbonyl (C=O) groups is 4. The topological polar surface area (TPSA) is 99.3 Å². The van der Waals surface area contributed by atoms with Crippen LogP contribution in [-0.4, -0.2) is 71.9 Å². The second-order valence-electron chi connectivity index (χ2n) is 12.4. The number of esters is 1. The van der Waals surface area contributed by atoms with Crippen molar-refractivity contribution in [3.63, 3.8) is 0 Å². The van der Waals surface area contributed by atoms with E-state index in [0.717, 1.165) is 5.56 Å². The zero-order valence-corrected chi connectivity index (χ0v) is 26.7. The molecular formula is C35H36F4N4O5. The Kier molecular flexibility index (Phi) is 9.79. The predicted octanol–water partition coefficient (Wildman–Crippen LogP) is 5.25. The van der Waals surface area contributed by atoms with Crippen molar-refractivity contribution in [3.8, 4) is 0 Å². The van der Waals surface area contributed by atoms with Crippen LogP contribution in [0.2, 0.25) is 0 Å². The van der Waals surface area contributed by atoms with Crippen molar-refractivity contribution in [3.05, 3.63) is 101 Å². The molecule has 2 heterocycles. The van der Waals surface area contributed by atoms with Gasteiger partial charge in [-0.3, -0.25) is 14.4 Å². The SMILES string of the molecule is CC(C)C(NC(=O)c1cc(C(F)(F)F)ccc1F)C(=O)N1CCC2(CC1)C(=O)N(C)CN2c1ccc(C(=O)OCc2ccccc2)cc1. The highest BCUT2D eigenvalue weighted by atomic mass is 19.4. The van der Waals surface area contributed by atoms with Crippen molar-refractivity contribution < 1.29 is 41.5 Å². The smallest absolute Gasteiger partial charge is 0.416 e. The average Bonchev–Trinajstić information content (AvgIpc) is 3.30. The lowest BCUT2D eigenvalue weighted by molar-refractivity contribution is -0.139. The summed E-state index contributed by atoms with van der Waals surface area (Å²) in [6.07, 6.45) is -4.25. The number of hydrogen-bond acceptors (Lipinski definition) is 6. The Labute approximate surface area is 275 Å². The lowest BCUT2D eigenvalue weighted by Crippen LogP contribution is -2.60. The largest absolute Gasteiger partial charge is 0.457 e. The highest BCUT2D eigenvalue weighted by Crippen LogP contribution is 2.39. The van der Waals surface area contributed by atoms with Crippen molar-refractivity contribution in [2.24, 2.45) is 5.92 Å². The van der Waals surface area contributed by atoms with Gasteiger partial charge in [0.2, 0.25) is 11.8 Å². The van der Waals surface area contributed by atoms with Crippen LogP contribution in [0.25, 0.3) is 0 Å². The highest BCUT2D eigenvalue weighted by Gasteiger charge is 2.53. The summed E-state index contributed by atoms with van der Waals surface area (Å²) in [6.45, 7) is 4.07. The maximum absolute atomic E-state index is 14.4. The Hall–Kier alpha value is -4.94. The van der Waals surface area contributed by atoms with Gasteiger partial charge in [0.15, 0.2) is 0 Å². The molecule has 1 atom stereocenters. The van der Waals surface area contributed by atoms with E-state index in [1.807, 2.05) is 35.2 Å². The van der Waals surface area contributed by atoms with E-state index in [1.165, 1.54) is 4.90 Å². The molecule has 1 unspecified atom stereocenters. The molecule has 5 rings (SSSR count).